The van der Waals surface area contributed by atoms with Gasteiger partial charge in [-0.3, -0.25) is 19.3 Å². The van der Waals surface area contributed by atoms with E-state index >= 15 is 0 Å². The highest BCUT2D eigenvalue weighted by Gasteiger charge is 2.64. The molecule has 2 fully saturated rings. The Morgan fingerprint density at radius 2 is 1.78 bits per heavy atom. The maximum Gasteiger partial charge on any atom is 0.202 e. The number of aliphatic hydroxyl groups is 3. The highest BCUT2D eigenvalue weighted by molar-refractivity contribution is 6.25. The number of fused-ring (bicyclic) bond motifs is 3. The van der Waals surface area contributed by atoms with Gasteiger partial charge >= 0.3 is 0 Å². The first-order chi connectivity index (χ1) is 19.1. The van der Waals surface area contributed by atoms with Crippen molar-refractivity contribution in [2.45, 2.75) is 57.6 Å². The molecular formula is C31H40N2O8. The fourth-order valence-electron chi connectivity index (χ4n) is 7.34. The van der Waals surface area contributed by atoms with Crippen LogP contribution in [0.25, 0.3) is 5.76 Å². The van der Waals surface area contributed by atoms with Crippen LogP contribution in [0, 0.1) is 17.3 Å². The Labute approximate surface area is 239 Å². The summed E-state index contributed by atoms with van der Waals surface area (Å²) in [5, 5.41) is 46.0. The third-order valence-electron chi connectivity index (χ3n) is 9.49. The third kappa shape index (κ3) is 4.30. The van der Waals surface area contributed by atoms with Gasteiger partial charge in [0.25, 0.3) is 0 Å². The first-order valence-electron chi connectivity index (χ1n) is 14.1. The molecule has 222 valence electrons. The number of aryl methyl sites for hydroxylation is 1. The normalized spacial score (nSPS) is 28.7. The number of anilines is 1. The molecule has 0 unspecified atom stereocenters. The predicted octanol–water partition coefficient (Wildman–Crippen LogP) is 2.49. The molecule has 41 heavy (non-hydrogen) atoms. The maximum atomic E-state index is 14.1. The summed E-state index contributed by atoms with van der Waals surface area (Å²) in [6.45, 7) is 4.68. The molecule has 0 spiro atoms. The van der Waals surface area contributed by atoms with Gasteiger partial charge in [0.15, 0.2) is 17.2 Å². The van der Waals surface area contributed by atoms with E-state index in [1.807, 2.05) is 25.1 Å². The maximum absolute atomic E-state index is 14.1. The van der Waals surface area contributed by atoms with Crippen molar-refractivity contribution in [3.63, 3.8) is 0 Å². The average Bonchev–Trinajstić information content (AvgIpc) is 2.85. The molecule has 5 rings (SSSR count). The second kappa shape index (κ2) is 9.96. The number of phenols is 1. The summed E-state index contributed by atoms with van der Waals surface area (Å²) in [6, 6.07) is 0.892. The van der Waals surface area contributed by atoms with Gasteiger partial charge < -0.3 is 30.1 Å². The summed E-state index contributed by atoms with van der Waals surface area (Å²) >= 11 is 0. The summed E-state index contributed by atoms with van der Waals surface area (Å²) in [4.78, 5) is 43.3. The zero-order valence-corrected chi connectivity index (χ0v) is 24.6. The Morgan fingerprint density at radius 1 is 1.12 bits per heavy atom. The number of phenolic OH excluding ortho intramolecular Hbond substituents is 1. The molecule has 0 radical (unpaired) electrons. The molecule has 1 heterocycles. The number of nitrogens with zero attached hydrogens (tertiary/aromatic N) is 2. The van der Waals surface area contributed by atoms with Crippen molar-refractivity contribution in [3.8, 4) is 5.75 Å². The van der Waals surface area contributed by atoms with Crippen molar-refractivity contribution < 1.29 is 39.5 Å². The van der Waals surface area contributed by atoms with E-state index in [2.05, 4.69) is 6.92 Å². The lowest BCUT2D eigenvalue weighted by Crippen LogP contribution is -2.65. The fraction of sp³-hybridized carbons (Fsp3) is 0.581. The number of benzene rings is 1. The van der Waals surface area contributed by atoms with Crippen LogP contribution in [0.15, 0.2) is 23.0 Å². The molecule has 4 aliphatic rings. The van der Waals surface area contributed by atoms with Crippen LogP contribution in [0.1, 0.15) is 49.8 Å². The molecule has 1 aromatic carbocycles. The van der Waals surface area contributed by atoms with Crippen molar-refractivity contribution in [2.75, 3.05) is 46.3 Å². The molecule has 4 atom stereocenters. The molecule has 10 heteroatoms. The smallest absolute Gasteiger partial charge is 0.202 e. The van der Waals surface area contributed by atoms with Crippen molar-refractivity contribution in [3.05, 3.63) is 39.7 Å². The average molecular weight is 569 g/mol. The lowest BCUT2D eigenvalue weighted by Gasteiger charge is -2.50. The lowest BCUT2D eigenvalue weighted by molar-refractivity contribution is -0.153. The predicted molar refractivity (Wildman–Crippen MR) is 152 cm³/mol. The highest BCUT2D eigenvalue weighted by atomic mass is 16.5. The molecule has 1 saturated heterocycles. The van der Waals surface area contributed by atoms with Crippen LogP contribution < -0.4 is 4.90 Å². The van der Waals surface area contributed by atoms with Crippen LogP contribution in [0.2, 0.25) is 0 Å². The molecular weight excluding hydrogens is 528 g/mol. The summed E-state index contributed by atoms with van der Waals surface area (Å²) in [6.07, 6.45) is 2.65. The number of hydrogen-bond donors (Lipinski definition) is 4. The number of ketones is 3. The summed E-state index contributed by atoms with van der Waals surface area (Å²) in [5.41, 5.74) is -0.893. The number of carbonyl (C=O) groups is 3. The van der Waals surface area contributed by atoms with Crippen LogP contribution in [-0.2, 0) is 32.0 Å². The van der Waals surface area contributed by atoms with E-state index in [9.17, 15) is 34.8 Å². The van der Waals surface area contributed by atoms with E-state index in [1.54, 1.807) is 19.0 Å². The highest BCUT2D eigenvalue weighted by Crippen LogP contribution is 2.54. The number of ether oxygens (including phenoxy) is 1. The van der Waals surface area contributed by atoms with Gasteiger partial charge in [0.1, 0.15) is 22.8 Å². The Bertz CT molecular complexity index is 1400. The number of hydrogen-bond acceptors (Lipinski definition) is 10. The first-order valence-corrected chi connectivity index (χ1v) is 14.1. The molecule has 3 aliphatic carbocycles. The largest absolute Gasteiger partial charge is 0.508 e. The Morgan fingerprint density at radius 3 is 2.32 bits per heavy atom. The van der Waals surface area contributed by atoms with Crippen LogP contribution >= 0.6 is 0 Å². The van der Waals surface area contributed by atoms with Gasteiger partial charge in [-0.2, -0.15) is 0 Å². The van der Waals surface area contributed by atoms with E-state index in [4.69, 9.17) is 4.74 Å². The Hall–Kier alpha value is -3.21. The molecule has 4 N–H and O–H groups in total. The quantitative estimate of drug-likeness (QED) is 0.362. The van der Waals surface area contributed by atoms with Crippen molar-refractivity contribution in [2.24, 2.45) is 17.3 Å². The number of aromatic hydroxyl groups is 1. The van der Waals surface area contributed by atoms with Crippen molar-refractivity contribution >= 4 is 28.8 Å². The van der Waals surface area contributed by atoms with Crippen molar-refractivity contribution in [1.82, 2.24) is 4.90 Å². The van der Waals surface area contributed by atoms with E-state index in [-0.39, 0.29) is 35.1 Å². The van der Waals surface area contributed by atoms with E-state index in [0.29, 0.717) is 30.8 Å². The number of likely N-dealkylation sites (N-methyl/N-ethyl adjacent to an activating group) is 1. The number of rotatable bonds is 7. The molecule has 1 aliphatic heterocycles. The second-order valence-corrected chi connectivity index (χ2v) is 13.0. The third-order valence-corrected chi connectivity index (χ3v) is 9.49. The molecule has 0 bridgehead atoms. The molecule has 1 saturated carbocycles. The SMILES string of the molecule is CC(=O)C1=C(O)[C@@]2(O)C(=O)C3=C(O)c4c(O)c(CCCC5(C)COC5)cc(N(C)C)c4C[C@H]3C[C@H]2[C@H](N(C)C)C1=O. The molecule has 1 aromatic rings. The lowest BCUT2D eigenvalue weighted by atomic mass is 9.57. The van der Waals surface area contributed by atoms with Gasteiger partial charge in [-0.05, 0) is 76.2 Å². The topological polar surface area (TPSA) is 148 Å². The monoisotopic (exact) mass is 568 g/mol. The Kier molecular flexibility index (Phi) is 7.11. The minimum absolute atomic E-state index is 0.0982. The van der Waals surface area contributed by atoms with Gasteiger partial charge in [0.2, 0.25) is 5.78 Å². The van der Waals surface area contributed by atoms with E-state index < -0.39 is 57.9 Å². The number of aliphatic hydroxyl groups excluding tert-OH is 2. The molecule has 0 amide bonds. The van der Waals surface area contributed by atoms with Crippen LogP contribution in [0.4, 0.5) is 5.69 Å². The summed E-state index contributed by atoms with van der Waals surface area (Å²) in [7, 11) is 6.99. The summed E-state index contributed by atoms with van der Waals surface area (Å²) in [5.74, 6) is -5.49. The number of Topliss-reactive ketones (excluding diaryl/α,β-unsaturated/α-hetero) is 3. The van der Waals surface area contributed by atoms with Gasteiger partial charge in [0.05, 0.1) is 24.8 Å². The zero-order chi connectivity index (χ0) is 30.2. The van der Waals surface area contributed by atoms with Crippen LogP contribution in [-0.4, -0.2) is 95.7 Å². The Balaban J connectivity index is 1.63. The minimum atomic E-state index is -2.57. The first kappa shape index (κ1) is 29.3. The van der Waals surface area contributed by atoms with E-state index in [0.717, 1.165) is 25.5 Å². The van der Waals surface area contributed by atoms with Gasteiger partial charge in [-0.15, -0.1) is 0 Å². The van der Waals surface area contributed by atoms with E-state index in [1.165, 1.54) is 0 Å². The van der Waals surface area contributed by atoms with Gasteiger partial charge in [0, 0.05) is 36.7 Å². The van der Waals surface area contributed by atoms with Crippen molar-refractivity contribution in [1.29, 1.82) is 0 Å². The molecule has 10 nitrogen and oxygen atoms in total. The van der Waals surface area contributed by atoms with Crippen LogP contribution in [0.5, 0.6) is 5.75 Å². The number of carbonyl (C=O) groups excluding carboxylic acids is 3. The second-order valence-electron chi connectivity index (χ2n) is 13.0. The fourth-order valence-corrected chi connectivity index (χ4v) is 7.34. The minimum Gasteiger partial charge on any atom is -0.508 e. The van der Waals surface area contributed by atoms with Gasteiger partial charge in [-0.25, -0.2) is 0 Å². The van der Waals surface area contributed by atoms with Gasteiger partial charge in [-0.1, -0.05) is 6.92 Å². The van der Waals surface area contributed by atoms with Crippen LogP contribution in [0.3, 0.4) is 0 Å². The summed E-state index contributed by atoms with van der Waals surface area (Å²) < 4.78 is 5.35. The zero-order valence-electron chi connectivity index (χ0n) is 24.6. The molecule has 0 aromatic heterocycles. The standard InChI is InChI=1S/C31H40N2O8/c1-15(34)21-27(37)24(33(5)6)19-11-17-10-18-20(32(3)4)12-16(8-7-9-30(2)13-41-14-30)25(35)23(18)26(36)22(17)29(39)31(19,40)28(21)38/h12,17,19,24,35-36,38,40H,7-11,13-14H2,1-6H3/t17-,19-,24-,31+/m0/s1.